The molecule has 4 nitrogen and oxygen atoms in total. The lowest BCUT2D eigenvalue weighted by atomic mass is 10.2. The van der Waals surface area contributed by atoms with Gasteiger partial charge in [0.15, 0.2) is 5.13 Å². The first-order chi connectivity index (χ1) is 8.79. The van der Waals surface area contributed by atoms with Crippen LogP contribution in [0.4, 0.5) is 5.13 Å². The zero-order valence-electron chi connectivity index (χ0n) is 9.58. The Morgan fingerprint density at radius 2 is 2.39 bits per heavy atom. The van der Waals surface area contributed by atoms with E-state index in [1.807, 2.05) is 23.7 Å². The molecule has 0 N–H and O–H groups in total. The Morgan fingerprint density at radius 3 is 3.00 bits per heavy atom. The summed E-state index contributed by atoms with van der Waals surface area (Å²) in [6, 6.07) is 6.10. The van der Waals surface area contributed by atoms with Gasteiger partial charge in [-0.05, 0) is 27.6 Å². The predicted octanol–water partition coefficient (Wildman–Crippen LogP) is 3.22. The molecule has 0 fully saturated rings. The second kappa shape index (κ2) is 6.47. The third-order valence-electron chi connectivity index (χ3n) is 2.32. The maximum atomic E-state index is 8.72. The van der Waals surface area contributed by atoms with Crippen LogP contribution in [0.25, 0.3) is 0 Å². The quantitative estimate of drug-likeness (QED) is 0.848. The van der Waals surface area contributed by atoms with Gasteiger partial charge in [0, 0.05) is 30.9 Å². The standard InChI is InChI=1S/C12H11BrN4S/c13-11-9-18-12(16-11)17(6-2-4-14)8-10-3-1-5-15-7-10/h1,3,5,7,9H,2,6,8H2. The normalized spacial score (nSPS) is 10.0. The first kappa shape index (κ1) is 13.0. The van der Waals surface area contributed by atoms with Crippen molar-refractivity contribution < 1.29 is 0 Å². The Balaban J connectivity index is 2.13. The first-order valence-corrected chi connectivity index (χ1v) is 7.08. The molecule has 0 radical (unpaired) electrons. The molecule has 0 aliphatic carbocycles. The molecule has 18 heavy (non-hydrogen) atoms. The topological polar surface area (TPSA) is 52.8 Å². The average Bonchev–Trinajstić information content (AvgIpc) is 2.82. The minimum atomic E-state index is 0.484. The van der Waals surface area contributed by atoms with Crippen molar-refractivity contribution in [2.24, 2.45) is 0 Å². The molecule has 0 saturated heterocycles. The lowest BCUT2D eigenvalue weighted by Gasteiger charge is -2.20. The molecule has 0 aliphatic rings. The van der Waals surface area contributed by atoms with Gasteiger partial charge in [0.05, 0.1) is 12.5 Å². The van der Waals surface area contributed by atoms with E-state index >= 15 is 0 Å². The molecule has 0 aliphatic heterocycles. The number of hydrogen-bond donors (Lipinski definition) is 0. The summed E-state index contributed by atoms with van der Waals surface area (Å²) in [5.74, 6) is 0. The monoisotopic (exact) mass is 322 g/mol. The van der Waals surface area contributed by atoms with Crippen molar-refractivity contribution in [2.45, 2.75) is 13.0 Å². The van der Waals surface area contributed by atoms with Gasteiger partial charge in [-0.1, -0.05) is 6.07 Å². The van der Waals surface area contributed by atoms with Gasteiger partial charge in [-0.15, -0.1) is 11.3 Å². The van der Waals surface area contributed by atoms with Crippen molar-refractivity contribution in [3.63, 3.8) is 0 Å². The van der Waals surface area contributed by atoms with E-state index in [1.54, 1.807) is 17.5 Å². The van der Waals surface area contributed by atoms with Crippen LogP contribution in [0, 0.1) is 11.3 Å². The molecule has 0 unspecified atom stereocenters. The van der Waals surface area contributed by atoms with Gasteiger partial charge in [-0.3, -0.25) is 4.98 Å². The number of nitriles is 1. The first-order valence-electron chi connectivity index (χ1n) is 5.41. The zero-order chi connectivity index (χ0) is 12.8. The van der Waals surface area contributed by atoms with Gasteiger partial charge < -0.3 is 4.90 Å². The molecular formula is C12H11BrN4S. The molecule has 2 heterocycles. The number of pyridine rings is 1. The Labute approximate surface area is 118 Å². The maximum Gasteiger partial charge on any atom is 0.186 e. The number of anilines is 1. The van der Waals surface area contributed by atoms with Crippen LogP contribution < -0.4 is 4.90 Å². The van der Waals surface area contributed by atoms with E-state index in [2.05, 4.69) is 36.9 Å². The SMILES string of the molecule is N#CCCN(Cc1cccnc1)c1nc(Br)cs1. The van der Waals surface area contributed by atoms with Crippen molar-refractivity contribution in [2.75, 3.05) is 11.4 Å². The molecule has 2 rings (SSSR count). The molecular weight excluding hydrogens is 312 g/mol. The largest absolute Gasteiger partial charge is 0.343 e. The number of aromatic nitrogens is 2. The fourth-order valence-corrected chi connectivity index (χ4v) is 2.81. The lowest BCUT2D eigenvalue weighted by molar-refractivity contribution is 0.790. The Bertz CT molecular complexity index is 535. The van der Waals surface area contributed by atoms with Crippen LogP contribution in [0.5, 0.6) is 0 Å². The number of thiazole rings is 1. The summed E-state index contributed by atoms with van der Waals surface area (Å²) in [5, 5.41) is 11.6. The molecule has 2 aromatic rings. The zero-order valence-corrected chi connectivity index (χ0v) is 12.0. The fourth-order valence-electron chi connectivity index (χ4n) is 1.53. The van der Waals surface area contributed by atoms with Crippen LogP contribution in [0.15, 0.2) is 34.5 Å². The van der Waals surface area contributed by atoms with E-state index in [9.17, 15) is 0 Å². The minimum absolute atomic E-state index is 0.484. The summed E-state index contributed by atoms with van der Waals surface area (Å²) in [4.78, 5) is 10.6. The Kier molecular flexibility index (Phi) is 4.67. The van der Waals surface area contributed by atoms with Crippen molar-refractivity contribution in [1.29, 1.82) is 5.26 Å². The highest BCUT2D eigenvalue weighted by atomic mass is 79.9. The minimum Gasteiger partial charge on any atom is -0.343 e. The molecule has 0 amide bonds. The Hall–Kier alpha value is -1.45. The van der Waals surface area contributed by atoms with Crippen molar-refractivity contribution >= 4 is 32.4 Å². The predicted molar refractivity (Wildman–Crippen MR) is 75.3 cm³/mol. The number of nitrogens with zero attached hydrogens (tertiary/aromatic N) is 4. The number of rotatable bonds is 5. The summed E-state index contributed by atoms with van der Waals surface area (Å²) in [7, 11) is 0. The smallest absolute Gasteiger partial charge is 0.186 e. The second-order valence-corrected chi connectivity index (χ2v) is 5.29. The lowest BCUT2D eigenvalue weighted by Crippen LogP contribution is -2.23. The second-order valence-electron chi connectivity index (χ2n) is 3.64. The molecule has 0 atom stereocenters. The highest BCUT2D eigenvalue weighted by Gasteiger charge is 2.11. The molecule has 0 aromatic carbocycles. The molecule has 2 aromatic heterocycles. The highest BCUT2D eigenvalue weighted by Crippen LogP contribution is 2.25. The fraction of sp³-hybridized carbons (Fsp3) is 0.250. The van der Waals surface area contributed by atoms with Gasteiger partial charge in [0.1, 0.15) is 4.60 Å². The van der Waals surface area contributed by atoms with Crippen LogP contribution in [0.2, 0.25) is 0 Å². The van der Waals surface area contributed by atoms with Gasteiger partial charge in [-0.2, -0.15) is 5.26 Å². The van der Waals surface area contributed by atoms with Crippen molar-refractivity contribution in [3.8, 4) is 6.07 Å². The molecule has 92 valence electrons. The van der Waals surface area contributed by atoms with Crippen molar-refractivity contribution in [1.82, 2.24) is 9.97 Å². The van der Waals surface area contributed by atoms with E-state index < -0.39 is 0 Å². The molecule has 0 spiro atoms. The van der Waals surface area contributed by atoms with Gasteiger partial charge >= 0.3 is 0 Å². The summed E-state index contributed by atoms with van der Waals surface area (Å²) in [5.41, 5.74) is 1.11. The van der Waals surface area contributed by atoms with Crippen LogP contribution in [-0.2, 0) is 6.54 Å². The number of hydrogen-bond acceptors (Lipinski definition) is 5. The molecule has 0 saturated carbocycles. The average molecular weight is 323 g/mol. The maximum absolute atomic E-state index is 8.72. The van der Waals surface area contributed by atoms with Crippen LogP contribution in [-0.4, -0.2) is 16.5 Å². The van der Waals surface area contributed by atoms with Crippen molar-refractivity contribution in [3.05, 3.63) is 40.1 Å². The summed E-state index contributed by atoms with van der Waals surface area (Å²) >= 11 is 4.91. The summed E-state index contributed by atoms with van der Waals surface area (Å²) < 4.78 is 0.829. The third-order valence-corrected chi connectivity index (χ3v) is 3.94. The van der Waals surface area contributed by atoms with Crippen LogP contribution in [0.1, 0.15) is 12.0 Å². The van der Waals surface area contributed by atoms with Gasteiger partial charge in [0.2, 0.25) is 0 Å². The molecule has 6 heteroatoms. The number of halogens is 1. The van der Waals surface area contributed by atoms with E-state index in [0.717, 1.165) is 21.8 Å². The van der Waals surface area contributed by atoms with E-state index in [0.29, 0.717) is 13.0 Å². The van der Waals surface area contributed by atoms with Gasteiger partial charge in [-0.25, -0.2) is 4.98 Å². The van der Waals surface area contributed by atoms with Crippen LogP contribution in [0.3, 0.4) is 0 Å². The highest BCUT2D eigenvalue weighted by molar-refractivity contribution is 9.10. The third kappa shape index (κ3) is 3.52. The van der Waals surface area contributed by atoms with Gasteiger partial charge in [0.25, 0.3) is 0 Å². The van der Waals surface area contributed by atoms with E-state index in [1.165, 1.54) is 0 Å². The Morgan fingerprint density at radius 1 is 1.50 bits per heavy atom. The van der Waals surface area contributed by atoms with E-state index in [4.69, 9.17) is 5.26 Å². The van der Waals surface area contributed by atoms with Crippen LogP contribution >= 0.6 is 27.3 Å². The summed E-state index contributed by atoms with van der Waals surface area (Å²) in [6.45, 7) is 1.39. The van der Waals surface area contributed by atoms with E-state index in [-0.39, 0.29) is 0 Å². The summed E-state index contributed by atoms with van der Waals surface area (Å²) in [6.07, 6.45) is 4.07. The molecule has 0 bridgehead atoms.